The molecule has 1 radical (unpaired) electrons. The van der Waals surface area contributed by atoms with Crippen molar-refractivity contribution in [2.75, 3.05) is 27.9 Å². The lowest BCUT2D eigenvalue weighted by Gasteiger charge is -2.30. The Morgan fingerprint density at radius 3 is 2.24 bits per heavy atom. The van der Waals surface area contributed by atoms with Crippen LogP contribution in [0.5, 0.6) is 0 Å². The van der Waals surface area contributed by atoms with E-state index in [2.05, 4.69) is 32.5 Å². The van der Waals surface area contributed by atoms with Crippen molar-refractivity contribution in [1.29, 1.82) is 0 Å². The molecule has 149 valence electrons. The highest BCUT2D eigenvalue weighted by atomic mass is 28.4. The Hall–Kier alpha value is -0.433. The van der Waals surface area contributed by atoms with E-state index in [-0.39, 0.29) is 11.3 Å². The van der Waals surface area contributed by atoms with Crippen LogP contribution in [0.1, 0.15) is 72.1 Å². The first-order chi connectivity index (χ1) is 11.8. The number of rotatable bonds is 16. The van der Waals surface area contributed by atoms with E-state index < -0.39 is 8.80 Å². The van der Waals surface area contributed by atoms with Crippen LogP contribution in [0.15, 0.2) is 0 Å². The van der Waals surface area contributed by atoms with Gasteiger partial charge >= 0.3 is 8.80 Å². The minimum absolute atomic E-state index is 0.0205. The van der Waals surface area contributed by atoms with E-state index in [1.807, 2.05) is 0 Å². The van der Waals surface area contributed by atoms with Gasteiger partial charge in [-0.25, -0.2) is 0 Å². The molecule has 6 heteroatoms. The van der Waals surface area contributed by atoms with Gasteiger partial charge in [0.25, 0.3) is 0 Å². The van der Waals surface area contributed by atoms with Crippen molar-refractivity contribution in [2.24, 2.45) is 5.41 Å². The Kier molecular flexibility index (Phi) is 13.5. The van der Waals surface area contributed by atoms with E-state index in [1.54, 1.807) is 21.3 Å². The molecule has 0 fully saturated rings. The van der Waals surface area contributed by atoms with Crippen LogP contribution in [0, 0.1) is 11.8 Å². The summed E-state index contributed by atoms with van der Waals surface area (Å²) in [5, 5.41) is 3.06. The molecule has 5 nitrogen and oxygen atoms in total. The number of amides is 1. The van der Waals surface area contributed by atoms with E-state index in [0.29, 0.717) is 13.0 Å². The summed E-state index contributed by atoms with van der Waals surface area (Å²) in [7, 11) is 2.35. The van der Waals surface area contributed by atoms with Crippen molar-refractivity contribution in [1.82, 2.24) is 5.32 Å². The van der Waals surface area contributed by atoms with Crippen molar-refractivity contribution >= 4 is 14.7 Å². The molecule has 0 spiro atoms. The first kappa shape index (κ1) is 24.6. The van der Waals surface area contributed by atoms with Gasteiger partial charge in [0.15, 0.2) is 0 Å². The standard InChI is InChI=1S/C19H40NO4Si/c1-7-8-9-10-11-12-13-14-18(21)20-17-19(2,3)15-16-25(22-4,23-5)24-6/h12H,7-11,13-17H2,1-6H3,(H,20,21). The molecule has 0 aliphatic heterocycles. The predicted octanol–water partition coefficient (Wildman–Crippen LogP) is 4.35. The smallest absolute Gasteiger partial charge is 0.377 e. The zero-order valence-electron chi connectivity index (χ0n) is 17.3. The molecule has 0 aliphatic carbocycles. The second-order valence-corrected chi connectivity index (χ2v) is 10.5. The highest BCUT2D eigenvalue weighted by Crippen LogP contribution is 2.27. The average molecular weight is 375 g/mol. The van der Waals surface area contributed by atoms with Crippen molar-refractivity contribution in [3.63, 3.8) is 0 Å². The maximum absolute atomic E-state index is 12.0. The largest absolute Gasteiger partial charge is 0.500 e. The van der Waals surface area contributed by atoms with E-state index in [1.165, 1.54) is 25.7 Å². The fraction of sp³-hybridized carbons (Fsp3) is 0.895. The van der Waals surface area contributed by atoms with Crippen molar-refractivity contribution in [2.45, 2.75) is 78.2 Å². The van der Waals surface area contributed by atoms with Crippen LogP contribution in [0.3, 0.4) is 0 Å². The molecular formula is C19H40NO4Si. The second kappa shape index (κ2) is 13.7. The topological polar surface area (TPSA) is 56.8 Å². The molecule has 0 heterocycles. The molecule has 0 saturated heterocycles. The zero-order valence-corrected chi connectivity index (χ0v) is 18.3. The Labute approximate surface area is 156 Å². The van der Waals surface area contributed by atoms with Crippen molar-refractivity contribution in [3.05, 3.63) is 6.42 Å². The van der Waals surface area contributed by atoms with Gasteiger partial charge in [0, 0.05) is 40.3 Å². The summed E-state index contributed by atoms with van der Waals surface area (Å²) in [6.45, 7) is 7.17. The van der Waals surface area contributed by atoms with E-state index in [4.69, 9.17) is 13.3 Å². The van der Waals surface area contributed by atoms with E-state index >= 15 is 0 Å². The van der Waals surface area contributed by atoms with Gasteiger partial charge in [-0.3, -0.25) is 4.79 Å². The first-order valence-electron chi connectivity index (χ1n) is 9.58. The van der Waals surface area contributed by atoms with Crippen LogP contribution >= 0.6 is 0 Å². The lowest BCUT2D eigenvalue weighted by Crippen LogP contribution is -2.44. The Morgan fingerprint density at radius 1 is 1.04 bits per heavy atom. The van der Waals surface area contributed by atoms with Crippen molar-refractivity contribution < 1.29 is 18.1 Å². The van der Waals surface area contributed by atoms with Crippen LogP contribution in [-0.4, -0.2) is 42.6 Å². The third-order valence-corrected chi connectivity index (χ3v) is 7.37. The van der Waals surface area contributed by atoms with E-state index in [0.717, 1.165) is 25.3 Å². The molecule has 1 amide bonds. The highest BCUT2D eigenvalue weighted by Gasteiger charge is 2.39. The molecule has 0 unspecified atom stereocenters. The van der Waals surface area contributed by atoms with Gasteiger partial charge in [0.2, 0.25) is 5.91 Å². The average Bonchev–Trinajstić information content (AvgIpc) is 2.61. The normalized spacial score (nSPS) is 12.4. The summed E-state index contributed by atoms with van der Waals surface area (Å²) in [6, 6.07) is 0.741. The third kappa shape index (κ3) is 11.7. The van der Waals surface area contributed by atoms with Gasteiger partial charge in [-0.1, -0.05) is 52.9 Å². The molecule has 0 saturated carbocycles. The molecule has 0 aromatic heterocycles. The summed E-state index contributed by atoms with van der Waals surface area (Å²) in [4.78, 5) is 12.0. The second-order valence-electron chi connectivity index (χ2n) is 7.41. The van der Waals surface area contributed by atoms with Gasteiger partial charge in [-0.05, 0) is 24.7 Å². The van der Waals surface area contributed by atoms with Crippen molar-refractivity contribution in [3.8, 4) is 0 Å². The van der Waals surface area contributed by atoms with Gasteiger partial charge < -0.3 is 18.6 Å². The summed E-state index contributed by atoms with van der Waals surface area (Å²) >= 11 is 0. The minimum Gasteiger partial charge on any atom is -0.377 e. The number of nitrogens with one attached hydrogen (secondary N) is 1. The number of carbonyl (C=O) groups is 1. The molecule has 0 atom stereocenters. The molecule has 1 N–H and O–H groups in total. The fourth-order valence-corrected chi connectivity index (χ4v) is 4.75. The summed E-state index contributed by atoms with van der Waals surface area (Å²) in [5.41, 5.74) is -0.0205. The zero-order chi connectivity index (χ0) is 19.2. The number of unbranched alkanes of at least 4 members (excludes halogenated alkanes) is 6. The summed E-state index contributed by atoms with van der Waals surface area (Å²) in [6.07, 6.45) is 10.8. The highest BCUT2D eigenvalue weighted by molar-refractivity contribution is 6.60. The van der Waals surface area contributed by atoms with Crippen LogP contribution in [0.2, 0.25) is 6.04 Å². The molecule has 0 bridgehead atoms. The monoisotopic (exact) mass is 374 g/mol. The lowest BCUT2D eigenvalue weighted by molar-refractivity contribution is -0.121. The van der Waals surface area contributed by atoms with Gasteiger partial charge in [-0.15, -0.1) is 0 Å². The van der Waals surface area contributed by atoms with Crippen LogP contribution in [-0.2, 0) is 18.1 Å². The molecule has 0 aromatic carbocycles. The predicted molar refractivity (Wildman–Crippen MR) is 105 cm³/mol. The quantitative estimate of drug-likeness (QED) is 0.322. The van der Waals surface area contributed by atoms with Crippen LogP contribution < -0.4 is 5.32 Å². The SMILES string of the molecule is CCCCCC[CH]CCC(=O)NCC(C)(C)CC[Si](OC)(OC)OC. The van der Waals surface area contributed by atoms with Crippen LogP contribution in [0.4, 0.5) is 0 Å². The van der Waals surface area contributed by atoms with E-state index in [9.17, 15) is 4.79 Å². The van der Waals surface area contributed by atoms with Gasteiger partial charge in [0.05, 0.1) is 0 Å². The molecule has 0 rings (SSSR count). The molecule has 0 aliphatic rings. The molecule has 0 aromatic rings. The maximum atomic E-state index is 12.0. The molecule has 25 heavy (non-hydrogen) atoms. The fourth-order valence-electron chi connectivity index (χ4n) is 2.66. The summed E-state index contributed by atoms with van der Waals surface area (Å²) in [5.74, 6) is 0.131. The Bertz CT molecular complexity index is 338. The Balaban J connectivity index is 3.93. The minimum atomic E-state index is -2.54. The Morgan fingerprint density at radius 2 is 1.68 bits per heavy atom. The summed E-state index contributed by atoms with van der Waals surface area (Å²) < 4.78 is 16.4. The molecular weight excluding hydrogens is 334 g/mol. The van der Waals surface area contributed by atoms with Gasteiger partial charge in [-0.2, -0.15) is 0 Å². The number of hydrogen-bond donors (Lipinski definition) is 1. The maximum Gasteiger partial charge on any atom is 0.500 e. The van der Waals surface area contributed by atoms with Crippen LogP contribution in [0.25, 0.3) is 0 Å². The number of carbonyl (C=O) groups excluding carboxylic acids is 1. The van der Waals surface area contributed by atoms with Gasteiger partial charge in [0.1, 0.15) is 0 Å². The lowest BCUT2D eigenvalue weighted by atomic mass is 9.90. The third-order valence-electron chi connectivity index (χ3n) is 4.64. The first-order valence-corrected chi connectivity index (χ1v) is 11.5. The number of hydrogen-bond acceptors (Lipinski definition) is 4.